The molecule has 1 unspecified atom stereocenters. The maximum absolute atomic E-state index is 13.9. The highest BCUT2D eigenvalue weighted by molar-refractivity contribution is 6.03. The lowest BCUT2D eigenvalue weighted by molar-refractivity contribution is -0.125. The van der Waals surface area contributed by atoms with Gasteiger partial charge in [-0.2, -0.15) is 5.10 Å². The molecule has 2 aromatic carbocycles. The molecule has 0 bridgehead atoms. The number of rotatable bonds is 4. The molecule has 1 aromatic heterocycles. The van der Waals surface area contributed by atoms with Gasteiger partial charge in [-0.25, -0.2) is 17.9 Å². The third-order valence-corrected chi connectivity index (χ3v) is 4.72. The number of nitrogens with zero attached hydrogens (tertiary/aromatic N) is 2. The van der Waals surface area contributed by atoms with Crippen molar-refractivity contribution < 1.29 is 27.5 Å². The van der Waals surface area contributed by atoms with Gasteiger partial charge in [0.25, 0.3) is 0 Å². The lowest BCUT2D eigenvalue weighted by Gasteiger charge is -2.24. The molecule has 2 amide bonds. The average Bonchev–Trinajstić information content (AvgIpc) is 3.17. The normalized spacial score (nSPS) is 15.3. The van der Waals surface area contributed by atoms with E-state index in [9.17, 15) is 22.8 Å². The molecule has 0 saturated heterocycles. The van der Waals surface area contributed by atoms with Crippen LogP contribution in [0.3, 0.4) is 0 Å². The molecule has 154 valence electrons. The maximum Gasteiger partial charge on any atom is 0.249 e. The van der Waals surface area contributed by atoms with E-state index in [1.165, 1.54) is 18.0 Å². The zero-order valence-corrected chi connectivity index (χ0v) is 15.6. The van der Waals surface area contributed by atoms with E-state index >= 15 is 0 Å². The molecular formula is C20H15F3N4O3. The van der Waals surface area contributed by atoms with Gasteiger partial charge in [-0.3, -0.25) is 9.59 Å². The number of amides is 2. The van der Waals surface area contributed by atoms with E-state index in [0.717, 1.165) is 11.6 Å². The van der Waals surface area contributed by atoms with Crippen LogP contribution in [0.1, 0.15) is 12.5 Å². The van der Waals surface area contributed by atoms with Gasteiger partial charge >= 0.3 is 0 Å². The molecule has 3 aromatic rings. The monoisotopic (exact) mass is 416 g/mol. The van der Waals surface area contributed by atoms with Crippen molar-refractivity contribution in [3.8, 4) is 16.9 Å². The second-order valence-electron chi connectivity index (χ2n) is 6.56. The van der Waals surface area contributed by atoms with Crippen molar-refractivity contribution in [2.24, 2.45) is 0 Å². The molecule has 30 heavy (non-hydrogen) atoms. The number of carbonyl (C=O) groups is 2. The summed E-state index contributed by atoms with van der Waals surface area (Å²) >= 11 is 0. The lowest BCUT2D eigenvalue weighted by atomic mass is 10.1. The molecule has 0 saturated carbocycles. The molecule has 7 nitrogen and oxygen atoms in total. The highest BCUT2D eigenvalue weighted by atomic mass is 19.2. The maximum atomic E-state index is 13.9. The molecule has 0 fully saturated rings. The van der Waals surface area contributed by atoms with Crippen LogP contribution in [0, 0.1) is 17.5 Å². The first kappa shape index (κ1) is 19.5. The SMILES string of the molecule is COc1ccc(-c2cnn3c2NC(=O)CC3C(=O)Nc2ccc(F)c(F)c2F)cc1. The fourth-order valence-corrected chi connectivity index (χ4v) is 3.19. The Labute approximate surface area is 168 Å². The average molecular weight is 416 g/mol. The van der Waals surface area contributed by atoms with Crippen LogP contribution in [0.4, 0.5) is 24.7 Å². The van der Waals surface area contributed by atoms with Crippen LogP contribution in [-0.2, 0) is 9.59 Å². The first-order chi connectivity index (χ1) is 14.4. The molecule has 0 radical (unpaired) electrons. The number of carbonyl (C=O) groups excluding carboxylic acids is 2. The van der Waals surface area contributed by atoms with Crippen LogP contribution < -0.4 is 15.4 Å². The number of fused-ring (bicyclic) bond motifs is 1. The number of nitrogens with one attached hydrogen (secondary N) is 2. The third-order valence-electron chi connectivity index (χ3n) is 4.72. The summed E-state index contributed by atoms with van der Waals surface area (Å²) in [7, 11) is 1.54. The Kier molecular flexibility index (Phi) is 4.90. The van der Waals surface area contributed by atoms with E-state index in [2.05, 4.69) is 15.7 Å². The number of benzene rings is 2. The Hall–Kier alpha value is -3.82. The van der Waals surface area contributed by atoms with Gasteiger partial charge in [-0.05, 0) is 29.8 Å². The molecule has 10 heteroatoms. The minimum atomic E-state index is -1.70. The number of hydrogen-bond donors (Lipinski definition) is 2. The number of methoxy groups -OCH3 is 1. The molecule has 1 atom stereocenters. The van der Waals surface area contributed by atoms with Crippen LogP contribution >= 0.6 is 0 Å². The molecule has 4 rings (SSSR count). The molecule has 2 N–H and O–H groups in total. The number of halogens is 3. The van der Waals surface area contributed by atoms with Gasteiger partial charge in [0.2, 0.25) is 11.8 Å². The van der Waals surface area contributed by atoms with Crippen LogP contribution in [0.5, 0.6) is 5.75 Å². The third kappa shape index (κ3) is 3.36. The summed E-state index contributed by atoms with van der Waals surface area (Å²) in [4.78, 5) is 24.9. The van der Waals surface area contributed by atoms with E-state index in [0.29, 0.717) is 23.2 Å². The standard InChI is InChI=1S/C20H15F3N4O3/c1-30-11-4-2-10(3-5-11)12-9-24-27-15(8-16(28)26-19(12)27)20(29)25-14-7-6-13(21)17(22)18(14)23/h2-7,9,15H,8H2,1H3,(H,25,29)(H,26,28). The number of hydrogen-bond acceptors (Lipinski definition) is 4. The van der Waals surface area contributed by atoms with Gasteiger partial charge in [0.15, 0.2) is 17.5 Å². The van der Waals surface area contributed by atoms with Crippen LogP contribution in [0.25, 0.3) is 11.1 Å². The summed E-state index contributed by atoms with van der Waals surface area (Å²) in [6, 6.07) is 7.50. The predicted molar refractivity (Wildman–Crippen MR) is 101 cm³/mol. The quantitative estimate of drug-likeness (QED) is 0.638. The zero-order chi connectivity index (χ0) is 21.4. The zero-order valence-electron chi connectivity index (χ0n) is 15.6. The van der Waals surface area contributed by atoms with Gasteiger partial charge in [0, 0.05) is 5.56 Å². The Bertz CT molecular complexity index is 1140. The summed E-state index contributed by atoms with van der Waals surface area (Å²) in [5.74, 6) is -4.89. The van der Waals surface area contributed by atoms with Gasteiger partial charge in [-0.15, -0.1) is 0 Å². The van der Waals surface area contributed by atoms with E-state index in [4.69, 9.17) is 4.74 Å². The Morgan fingerprint density at radius 1 is 1.17 bits per heavy atom. The van der Waals surface area contributed by atoms with Crippen molar-refractivity contribution in [2.75, 3.05) is 17.7 Å². The Morgan fingerprint density at radius 2 is 1.90 bits per heavy atom. The second-order valence-corrected chi connectivity index (χ2v) is 6.56. The number of aromatic nitrogens is 2. The number of anilines is 2. The second kappa shape index (κ2) is 7.54. The minimum Gasteiger partial charge on any atom is -0.497 e. The van der Waals surface area contributed by atoms with Crippen LogP contribution in [0.15, 0.2) is 42.6 Å². The van der Waals surface area contributed by atoms with Crippen LogP contribution in [-0.4, -0.2) is 28.7 Å². The molecular weight excluding hydrogens is 401 g/mol. The van der Waals surface area contributed by atoms with Crippen molar-refractivity contribution in [3.05, 3.63) is 60.0 Å². The van der Waals surface area contributed by atoms with E-state index in [-0.39, 0.29) is 6.42 Å². The summed E-state index contributed by atoms with van der Waals surface area (Å²) in [6.45, 7) is 0. The highest BCUT2D eigenvalue weighted by Gasteiger charge is 2.33. The largest absolute Gasteiger partial charge is 0.497 e. The topological polar surface area (TPSA) is 85.2 Å². The van der Waals surface area contributed by atoms with E-state index < -0.39 is 41.0 Å². The van der Waals surface area contributed by atoms with Gasteiger partial charge < -0.3 is 15.4 Å². The van der Waals surface area contributed by atoms with Crippen LogP contribution in [0.2, 0.25) is 0 Å². The first-order valence-corrected chi connectivity index (χ1v) is 8.85. The van der Waals surface area contributed by atoms with Crippen molar-refractivity contribution >= 4 is 23.3 Å². The molecule has 0 spiro atoms. The van der Waals surface area contributed by atoms with Gasteiger partial charge in [0.05, 0.1) is 25.4 Å². The van der Waals surface area contributed by atoms with E-state index in [1.807, 2.05) is 0 Å². The Balaban J connectivity index is 1.65. The summed E-state index contributed by atoms with van der Waals surface area (Å²) < 4.78 is 46.9. The predicted octanol–water partition coefficient (Wildman–Crippen LogP) is 3.50. The first-order valence-electron chi connectivity index (χ1n) is 8.85. The van der Waals surface area contributed by atoms with Crippen molar-refractivity contribution in [2.45, 2.75) is 12.5 Å². The van der Waals surface area contributed by atoms with Gasteiger partial charge in [-0.1, -0.05) is 12.1 Å². The number of ether oxygens (including phenoxy) is 1. The molecule has 2 heterocycles. The van der Waals surface area contributed by atoms with Gasteiger partial charge in [0.1, 0.15) is 17.6 Å². The highest BCUT2D eigenvalue weighted by Crippen LogP contribution is 2.35. The van der Waals surface area contributed by atoms with Crippen molar-refractivity contribution in [1.82, 2.24) is 9.78 Å². The van der Waals surface area contributed by atoms with Crippen molar-refractivity contribution in [1.29, 1.82) is 0 Å². The molecule has 1 aliphatic heterocycles. The Morgan fingerprint density at radius 3 is 2.60 bits per heavy atom. The van der Waals surface area contributed by atoms with Crippen molar-refractivity contribution in [3.63, 3.8) is 0 Å². The smallest absolute Gasteiger partial charge is 0.249 e. The fourth-order valence-electron chi connectivity index (χ4n) is 3.19. The summed E-state index contributed by atoms with van der Waals surface area (Å²) in [5.41, 5.74) is 0.765. The minimum absolute atomic E-state index is 0.256. The van der Waals surface area contributed by atoms with E-state index in [1.54, 1.807) is 24.3 Å². The molecule has 1 aliphatic rings. The molecule has 0 aliphatic carbocycles. The summed E-state index contributed by atoms with van der Waals surface area (Å²) in [5, 5.41) is 9.06. The fraction of sp³-hybridized carbons (Fsp3) is 0.150. The lowest BCUT2D eigenvalue weighted by Crippen LogP contribution is -2.36. The summed E-state index contributed by atoms with van der Waals surface area (Å²) in [6.07, 6.45) is 1.23.